The minimum absolute atomic E-state index is 0.107. The van der Waals surface area contributed by atoms with Gasteiger partial charge in [-0.25, -0.2) is 8.42 Å². The number of rotatable bonds is 5. The van der Waals surface area contributed by atoms with E-state index >= 15 is 0 Å². The molecule has 0 heterocycles. The van der Waals surface area contributed by atoms with Crippen molar-refractivity contribution in [2.24, 2.45) is 0 Å². The van der Waals surface area contributed by atoms with E-state index in [2.05, 4.69) is 4.74 Å². The molecule has 106 valence electrons. The van der Waals surface area contributed by atoms with Gasteiger partial charge in [-0.05, 0) is 24.6 Å². The fraction of sp³-hybridized carbons (Fsp3) is 0.417. The smallest absolute Gasteiger partial charge is 0.322 e. The van der Waals surface area contributed by atoms with Crippen LogP contribution in [0.2, 0.25) is 0 Å². The highest BCUT2D eigenvalue weighted by molar-refractivity contribution is 7.89. The van der Waals surface area contributed by atoms with Crippen molar-refractivity contribution in [1.29, 1.82) is 0 Å². The van der Waals surface area contributed by atoms with E-state index in [9.17, 15) is 18.3 Å². The number of carbonyl (C=O) groups is 1. The van der Waals surface area contributed by atoms with E-state index in [-0.39, 0.29) is 5.75 Å². The van der Waals surface area contributed by atoms with Crippen LogP contribution in [0.1, 0.15) is 18.5 Å². The number of esters is 1. The number of nitrogens with zero attached hydrogens (tertiary/aromatic N) is 1. The van der Waals surface area contributed by atoms with Gasteiger partial charge in [0.15, 0.2) is 5.75 Å². The molecular weight excluding hydrogens is 270 g/mol. The van der Waals surface area contributed by atoms with E-state index in [0.29, 0.717) is 5.56 Å². The van der Waals surface area contributed by atoms with Crippen molar-refractivity contribution in [3.8, 4) is 5.75 Å². The zero-order chi connectivity index (χ0) is 14.6. The van der Waals surface area contributed by atoms with Crippen LogP contribution in [0.3, 0.4) is 0 Å². The Labute approximate surface area is 112 Å². The summed E-state index contributed by atoms with van der Waals surface area (Å²) in [4.78, 5) is 11.1. The van der Waals surface area contributed by atoms with Crippen LogP contribution in [-0.2, 0) is 19.6 Å². The second-order valence-corrected chi connectivity index (χ2v) is 6.14. The number of methoxy groups -OCH3 is 1. The van der Waals surface area contributed by atoms with Crippen LogP contribution < -0.4 is 0 Å². The van der Waals surface area contributed by atoms with Gasteiger partial charge in [0.1, 0.15) is 5.75 Å². The van der Waals surface area contributed by atoms with Gasteiger partial charge in [-0.2, -0.15) is 4.31 Å². The minimum atomic E-state index is -3.73. The first kappa shape index (κ1) is 15.5. The average molecular weight is 287 g/mol. The molecule has 7 heteroatoms. The van der Waals surface area contributed by atoms with E-state index in [4.69, 9.17) is 0 Å². The number of phenolic OH excluding ortho intramolecular Hbond substituents is 1. The Morgan fingerprint density at radius 1 is 1.37 bits per heavy atom. The van der Waals surface area contributed by atoms with Crippen molar-refractivity contribution in [1.82, 2.24) is 4.31 Å². The lowest BCUT2D eigenvalue weighted by atomic mass is 10.1. The topological polar surface area (TPSA) is 83.9 Å². The molecule has 0 aromatic heterocycles. The lowest BCUT2D eigenvalue weighted by Gasteiger charge is -2.24. The Balaban J connectivity index is 2.90. The summed E-state index contributed by atoms with van der Waals surface area (Å²) in [7, 11) is -1.19. The summed E-state index contributed by atoms with van der Waals surface area (Å²) in [5.74, 6) is -1.39. The standard InChI is InChI=1S/C12H17NO5S/c1-9(10-4-6-11(14)7-5-10)13(2)19(16,17)8-12(15)18-3/h4-7,9,14H,8H2,1-3H3. The molecular formula is C12H17NO5S. The molecule has 1 atom stereocenters. The van der Waals surface area contributed by atoms with Crippen molar-refractivity contribution in [3.05, 3.63) is 29.8 Å². The second-order valence-electron chi connectivity index (χ2n) is 4.12. The SMILES string of the molecule is COC(=O)CS(=O)(=O)N(C)C(C)c1ccc(O)cc1. The van der Waals surface area contributed by atoms with Gasteiger partial charge >= 0.3 is 5.97 Å². The summed E-state index contributed by atoms with van der Waals surface area (Å²) < 4.78 is 29.4. The van der Waals surface area contributed by atoms with Gasteiger partial charge in [-0.3, -0.25) is 4.79 Å². The number of benzene rings is 1. The van der Waals surface area contributed by atoms with Gasteiger partial charge in [-0.15, -0.1) is 0 Å². The molecule has 1 aromatic carbocycles. The Bertz CT molecular complexity index is 538. The lowest BCUT2D eigenvalue weighted by molar-refractivity contribution is -0.137. The predicted molar refractivity (Wildman–Crippen MR) is 70.1 cm³/mol. The molecule has 0 saturated carbocycles. The average Bonchev–Trinajstić information content (AvgIpc) is 2.37. The fourth-order valence-electron chi connectivity index (χ4n) is 1.51. The molecule has 0 spiro atoms. The summed E-state index contributed by atoms with van der Waals surface area (Å²) in [6.45, 7) is 1.70. The third-order valence-electron chi connectivity index (χ3n) is 2.89. The number of hydrogen-bond donors (Lipinski definition) is 1. The highest BCUT2D eigenvalue weighted by Gasteiger charge is 2.27. The fourth-order valence-corrected chi connectivity index (χ4v) is 2.74. The largest absolute Gasteiger partial charge is 0.508 e. The molecule has 1 aromatic rings. The van der Waals surface area contributed by atoms with Crippen molar-refractivity contribution >= 4 is 16.0 Å². The van der Waals surface area contributed by atoms with Crippen molar-refractivity contribution in [2.45, 2.75) is 13.0 Å². The lowest BCUT2D eigenvalue weighted by Crippen LogP contribution is -2.34. The number of carbonyl (C=O) groups excluding carboxylic acids is 1. The Hall–Kier alpha value is -1.60. The molecule has 0 saturated heterocycles. The predicted octanol–water partition coefficient (Wildman–Crippen LogP) is 0.888. The summed E-state index contributed by atoms with van der Waals surface area (Å²) >= 11 is 0. The maximum atomic E-state index is 12.0. The number of aromatic hydroxyl groups is 1. The maximum Gasteiger partial charge on any atom is 0.322 e. The van der Waals surface area contributed by atoms with Crippen LogP contribution in [0.5, 0.6) is 5.75 Å². The van der Waals surface area contributed by atoms with E-state index in [1.165, 1.54) is 19.2 Å². The van der Waals surface area contributed by atoms with Crippen LogP contribution in [-0.4, -0.2) is 43.7 Å². The van der Waals surface area contributed by atoms with Crippen LogP contribution in [0, 0.1) is 0 Å². The van der Waals surface area contributed by atoms with Crippen molar-refractivity contribution in [3.63, 3.8) is 0 Å². The van der Waals surface area contributed by atoms with Gasteiger partial charge in [0, 0.05) is 13.1 Å². The molecule has 1 rings (SSSR count). The summed E-state index contributed by atoms with van der Waals surface area (Å²) in [5, 5.41) is 9.19. The maximum absolute atomic E-state index is 12.0. The number of ether oxygens (including phenoxy) is 1. The Morgan fingerprint density at radius 2 is 1.89 bits per heavy atom. The molecule has 0 aliphatic carbocycles. The first-order chi connectivity index (χ1) is 8.77. The van der Waals surface area contributed by atoms with Crippen LogP contribution in [0.4, 0.5) is 0 Å². The quantitative estimate of drug-likeness (QED) is 0.813. The molecule has 6 nitrogen and oxygen atoms in total. The van der Waals surface area contributed by atoms with E-state index in [0.717, 1.165) is 11.4 Å². The molecule has 0 aliphatic rings. The molecule has 19 heavy (non-hydrogen) atoms. The van der Waals surface area contributed by atoms with Crippen LogP contribution in [0.25, 0.3) is 0 Å². The van der Waals surface area contributed by atoms with Crippen molar-refractivity contribution < 1.29 is 23.1 Å². The molecule has 0 aliphatic heterocycles. The number of sulfonamides is 1. The number of phenols is 1. The molecule has 0 radical (unpaired) electrons. The Morgan fingerprint density at radius 3 is 2.37 bits per heavy atom. The summed E-state index contributed by atoms with van der Waals surface area (Å²) in [6, 6.07) is 5.77. The first-order valence-corrected chi connectivity index (χ1v) is 7.20. The zero-order valence-electron chi connectivity index (χ0n) is 11.0. The first-order valence-electron chi connectivity index (χ1n) is 5.59. The van der Waals surface area contributed by atoms with Gasteiger partial charge in [-0.1, -0.05) is 12.1 Å². The number of hydrogen-bond acceptors (Lipinski definition) is 5. The van der Waals surface area contributed by atoms with Gasteiger partial charge in [0.25, 0.3) is 0 Å². The van der Waals surface area contributed by atoms with Crippen LogP contribution >= 0.6 is 0 Å². The van der Waals surface area contributed by atoms with Crippen molar-refractivity contribution in [2.75, 3.05) is 19.9 Å². The molecule has 1 N–H and O–H groups in total. The summed E-state index contributed by atoms with van der Waals surface area (Å²) in [5.41, 5.74) is 0.716. The molecule has 1 unspecified atom stereocenters. The molecule has 0 bridgehead atoms. The summed E-state index contributed by atoms with van der Waals surface area (Å²) in [6.07, 6.45) is 0. The van der Waals surface area contributed by atoms with Crippen LogP contribution in [0.15, 0.2) is 24.3 Å². The molecule has 0 amide bonds. The van der Waals surface area contributed by atoms with Gasteiger partial charge < -0.3 is 9.84 Å². The molecule has 0 fully saturated rings. The minimum Gasteiger partial charge on any atom is -0.508 e. The van der Waals surface area contributed by atoms with E-state index in [1.807, 2.05) is 0 Å². The third kappa shape index (κ3) is 3.93. The van der Waals surface area contributed by atoms with E-state index < -0.39 is 27.8 Å². The highest BCUT2D eigenvalue weighted by Crippen LogP contribution is 2.23. The Kier molecular flexibility index (Phi) is 4.90. The van der Waals surface area contributed by atoms with Gasteiger partial charge in [0.05, 0.1) is 7.11 Å². The highest BCUT2D eigenvalue weighted by atomic mass is 32.2. The second kappa shape index (κ2) is 6.03. The third-order valence-corrected chi connectivity index (χ3v) is 4.68. The monoisotopic (exact) mass is 287 g/mol. The van der Waals surface area contributed by atoms with E-state index in [1.54, 1.807) is 19.1 Å². The zero-order valence-corrected chi connectivity index (χ0v) is 11.8. The van der Waals surface area contributed by atoms with Gasteiger partial charge in [0.2, 0.25) is 10.0 Å². The normalized spacial score (nSPS) is 13.3.